The molecule has 6 heteroatoms. The predicted molar refractivity (Wildman–Crippen MR) is 62.0 cm³/mol. The zero-order valence-electron chi connectivity index (χ0n) is 9.39. The van der Waals surface area contributed by atoms with Crippen LogP contribution in [0.3, 0.4) is 0 Å². The normalized spacial score (nSPS) is 32.6. The molecule has 1 aliphatic rings. The summed E-state index contributed by atoms with van der Waals surface area (Å²) in [4.78, 5) is 2.19. The maximum Gasteiger partial charge on any atom is 0.0746 e. The van der Waals surface area contributed by atoms with E-state index in [1.54, 1.807) is 0 Å². The van der Waals surface area contributed by atoms with Gasteiger partial charge in [-0.15, -0.1) is 0 Å². The Balaban J connectivity index is 2.68. The lowest BCUT2D eigenvalue weighted by atomic mass is 10.0. The summed E-state index contributed by atoms with van der Waals surface area (Å²) < 4.78 is 0. The zero-order chi connectivity index (χ0) is 11.4. The van der Waals surface area contributed by atoms with Crippen molar-refractivity contribution in [1.82, 2.24) is 10.2 Å². The van der Waals surface area contributed by atoms with E-state index < -0.39 is 0 Å². The van der Waals surface area contributed by atoms with Gasteiger partial charge in [-0.3, -0.25) is 4.90 Å². The maximum absolute atomic E-state index is 6.10. The van der Waals surface area contributed by atoms with Crippen LogP contribution in [0.25, 0.3) is 0 Å². The highest BCUT2D eigenvalue weighted by atomic mass is 15.3. The summed E-state index contributed by atoms with van der Waals surface area (Å²) >= 11 is 0. The largest absolute Gasteiger partial charge is 0.329 e. The highest BCUT2D eigenvalue weighted by Crippen LogP contribution is 2.12. The van der Waals surface area contributed by atoms with Crippen molar-refractivity contribution in [3.05, 3.63) is 0 Å². The molecule has 1 saturated heterocycles. The molecule has 0 aromatic rings. The Labute approximate surface area is 91.3 Å². The molecule has 0 spiro atoms. The lowest BCUT2D eigenvalue weighted by molar-refractivity contribution is 0.0528. The lowest BCUT2D eigenvalue weighted by Gasteiger charge is -2.45. The van der Waals surface area contributed by atoms with Crippen molar-refractivity contribution >= 4 is 0 Å². The highest BCUT2D eigenvalue weighted by molar-refractivity contribution is 4.91. The summed E-state index contributed by atoms with van der Waals surface area (Å²) in [6.45, 7) is 4.89. The number of nitrogens with two attached hydrogens (primary N) is 4. The van der Waals surface area contributed by atoms with Crippen LogP contribution in [0.5, 0.6) is 0 Å². The molecule has 0 aliphatic carbocycles. The van der Waals surface area contributed by atoms with E-state index in [9.17, 15) is 0 Å². The zero-order valence-corrected chi connectivity index (χ0v) is 9.39. The van der Waals surface area contributed by atoms with E-state index in [0.717, 1.165) is 13.1 Å². The minimum atomic E-state index is -0.208. The van der Waals surface area contributed by atoms with Crippen molar-refractivity contribution in [3.8, 4) is 0 Å². The minimum Gasteiger partial charge on any atom is -0.329 e. The van der Waals surface area contributed by atoms with Gasteiger partial charge in [-0.1, -0.05) is 0 Å². The first kappa shape index (κ1) is 12.8. The van der Waals surface area contributed by atoms with Crippen LogP contribution < -0.4 is 28.3 Å². The van der Waals surface area contributed by atoms with E-state index in [1.165, 1.54) is 0 Å². The van der Waals surface area contributed by atoms with Crippen molar-refractivity contribution in [2.45, 2.75) is 31.2 Å². The molecule has 0 aromatic carbocycles. The predicted octanol–water partition coefficient (Wildman–Crippen LogP) is -2.82. The van der Waals surface area contributed by atoms with Crippen LogP contribution in [-0.4, -0.2) is 55.4 Å². The number of hydrogen-bond acceptors (Lipinski definition) is 6. The molecular formula is C9H24N6. The first-order valence-electron chi connectivity index (χ1n) is 5.51. The van der Waals surface area contributed by atoms with Crippen LogP contribution in [0, 0.1) is 0 Å². The van der Waals surface area contributed by atoms with Crippen molar-refractivity contribution in [2.75, 3.05) is 26.2 Å². The summed E-state index contributed by atoms with van der Waals surface area (Å²) in [7, 11) is 0. The van der Waals surface area contributed by atoms with Gasteiger partial charge in [0.15, 0.2) is 0 Å². The van der Waals surface area contributed by atoms with Gasteiger partial charge in [0.05, 0.1) is 6.17 Å². The van der Waals surface area contributed by atoms with Crippen LogP contribution in [0.4, 0.5) is 0 Å². The molecule has 0 aromatic heterocycles. The molecule has 4 unspecified atom stereocenters. The number of hydrogen-bond donors (Lipinski definition) is 5. The molecule has 1 aliphatic heterocycles. The molecule has 4 atom stereocenters. The summed E-state index contributed by atoms with van der Waals surface area (Å²) in [5.74, 6) is 0. The van der Waals surface area contributed by atoms with Gasteiger partial charge < -0.3 is 28.3 Å². The molecule has 0 radical (unpaired) electrons. The number of piperazine rings is 1. The van der Waals surface area contributed by atoms with Crippen molar-refractivity contribution in [1.29, 1.82) is 0 Å². The fraction of sp³-hybridized carbons (Fsp3) is 1.00. The Morgan fingerprint density at radius 1 is 1.33 bits per heavy atom. The highest BCUT2D eigenvalue weighted by Gasteiger charge is 2.33. The van der Waals surface area contributed by atoms with Crippen molar-refractivity contribution < 1.29 is 0 Å². The molecule has 1 heterocycles. The maximum atomic E-state index is 6.10. The molecular weight excluding hydrogens is 192 g/mol. The topological polar surface area (TPSA) is 119 Å². The average molecular weight is 216 g/mol. The van der Waals surface area contributed by atoms with E-state index >= 15 is 0 Å². The molecule has 0 bridgehead atoms. The standard InChI is InChI=1S/C9H24N6/c1-6-4-14-5-7(2-10)15(6)9(13)8(12)3-11/h6-9,14H,2-5,10-13H2,1H3. The van der Waals surface area contributed by atoms with E-state index in [2.05, 4.69) is 17.1 Å². The van der Waals surface area contributed by atoms with Gasteiger partial charge >= 0.3 is 0 Å². The first-order chi connectivity index (χ1) is 7.11. The fourth-order valence-electron chi connectivity index (χ4n) is 2.13. The summed E-state index contributed by atoms with van der Waals surface area (Å²) in [6, 6.07) is 0.404. The van der Waals surface area contributed by atoms with Crippen molar-refractivity contribution in [2.24, 2.45) is 22.9 Å². The molecule has 9 N–H and O–H groups in total. The lowest BCUT2D eigenvalue weighted by Crippen LogP contribution is -2.68. The van der Waals surface area contributed by atoms with E-state index in [4.69, 9.17) is 22.9 Å². The van der Waals surface area contributed by atoms with Gasteiger partial charge in [0.1, 0.15) is 0 Å². The first-order valence-corrected chi connectivity index (χ1v) is 5.51. The fourth-order valence-corrected chi connectivity index (χ4v) is 2.13. The molecule has 1 fully saturated rings. The third-order valence-corrected chi connectivity index (χ3v) is 3.08. The van der Waals surface area contributed by atoms with Gasteiger partial charge in [0.25, 0.3) is 0 Å². The SMILES string of the molecule is CC1CNCC(CN)N1C(N)C(N)CN. The van der Waals surface area contributed by atoms with Crippen LogP contribution in [0.1, 0.15) is 6.92 Å². The Morgan fingerprint density at radius 2 is 2.00 bits per heavy atom. The van der Waals surface area contributed by atoms with Gasteiger partial charge in [0.2, 0.25) is 0 Å². The molecule has 0 saturated carbocycles. The van der Waals surface area contributed by atoms with E-state index in [1.807, 2.05) is 0 Å². The Bertz CT molecular complexity index is 187. The number of nitrogens with zero attached hydrogens (tertiary/aromatic N) is 1. The molecule has 6 nitrogen and oxygen atoms in total. The third kappa shape index (κ3) is 2.87. The molecule has 15 heavy (non-hydrogen) atoms. The average Bonchev–Trinajstić information content (AvgIpc) is 2.26. The minimum absolute atomic E-state index is 0.195. The Hall–Kier alpha value is -0.240. The van der Waals surface area contributed by atoms with Gasteiger partial charge in [-0.05, 0) is 6.92 Å². The summed E-state index contributed by atoms with van der Waals surface area (Å²) in [6.07, 6.45) is -0.208. The van der Waals surface area contributed by atoms with Crippen LogP contribution in [-0.2, 0) is 0 Å². The third-order valence-electron chi connectivity index (χ3n) is 3.08. The van der Waals surface area contributed by atoms with Gasteiger partial charge in [-0.2, -0.15) is 0 Å². The van der Waals surface area contributed by atoms with E-state index in [0.29, 0.717) is 19.1 Å². The van der Waals surface area contributed by atoms with Crippen LogP contribution in [0.15, 0.2) is 0 Å². The monoisotopic (exact) mass is 216 g/mol. The Kier molecular flexibility index (Phi) is 4.91. The number of rotatable bonds is 4. The van der Waals surface area contributed by atoms with Crippen LogP contribution in [0.2, 0.25) is 0 Å². The second kappa shape index (κ2) is 5.74. The van der Waals surface area contributed by atoms with E-state index in [-0.39, 0.29) is 18.2 Å². The van der Waals surface area contributed by atoms with Gasteiger partial charge in [0, 0.05) is 44.3 Å². The van der Waals surface area contributed by atoms with Gasteiger partial charge in [-0.25, -0.2) is 0 Å². The summed E-state index contributed by atoms with van der Waals surface area (Å²) in [5, 5.41) is 3.33. The Morgan fingerprint density at radius 3 is 2.53 bits per heavy atom. The van der Waals surface area contributed by atoms with Crippen molar-refractivity contribution in [3.63, 3.8) is 0 Å². The summed E-state index contributed by atoms with van der Waals surface area (Å²) in [5.41, 5.74) is 23.2. The number of nitrogens with one attached hydrogen (secondary N) is 1. The smallest absolute Gasteiger partial charge is 0.0746 e. The molecule has 0 amide bonds. The molecule has 1 rings (SSSR count). The second-order valence-electron chi connectivity index (χ2n) is 4.23. The quantitative estimate of drug-likeness (QED) is 0.346. The molecule has 90 valence electrons. The van der Waals surface area contributed by atoms with Crippen LogP contribution >= 0.6 is 0 Å². The second-order valence-corrected chi connectivity index (χ2v) is 4.23.